The molecule has 1 unspecified atom stereocenters. The Labute approximate surface area is 229 Å². The number of carbonyl (C=O) groups is 4. The highest BCUT2D eigenvalue weighted by atomic mass is 16.3. The third-order valence-electron chi connectivity index (χ3n) is 7.48. The van der Waals surface area contributed by atoms with Crippen LogP contribution in [0.4, 0.5) is 0 Å². The van der Waals surface area contributed by atoms with E-state index >= 15 is 0 Å². The van der Waals surface area contributed by atoms with Gasteiger partial charge in [-0.25, -0.2) is 0 Å². The Balaban J connectivity index is 2.03. The summed E-state index contributed by atoms with van der Waals surface area (Å²) in [7, 11) is 1.56. The molecule has 2 aromatic rings. The lowest BCUT2D eigenvalue weighted by Crippen LogP contribution is -2.59. The van der Waals surface area contributed by atoms with Gasteiger partial charge in [0.1, 0.15) is 11.8 Å². The number of rotatable bonds is 5. The number of aromatic hydroxyl groups is 1. The Morgan fingerprint density at radius 1 is 1.05 bits per heavy atom. The predicted octanol–water partition coefficient (Wildman–Crippen LogP) is 2.31. The molecule has 0 aliphatic carbocycles. The van der Waals surface area contributed by atoms with Crippen LogP contribution >= 0.6 is 0 Å². The molecule has 0 radical (unpaired) electrons. The third kappa shape index (κ3) is 7.03. The molecule has 39 heavy (non-hydrogen) atoms. The van der Waals surface area contributed by atoms with Crippen LogP contribution in [0.3, 0.4) is 0 Å². The van der Waals surface area contributed by atoms with Crippen molar-refractivity contribution in [1.29, 1.82) is 0 Å². The fourth-order valence-electron chi connectivity index (χ4n) is 5.29. The summed E-state index contributed by atoms with van der Waals surface area (Å²) in [5.74, 6) is -3.90. The van der Waals surface area contributed by atoms with Gasteiger partial charge in [0.2, 0.25) is 11.8 Å². The first kappa shape index (κ1) is 29.8. The van der Waals surface area contributed by atoms with E-state index in [4.69, 9.17) is 0 Å². The summed E-state index contributed by atoms with van der Waals surface area (Å²) in [4.78, 5) is 55.1. The normalized spacial score (nSPS) is 26.9. The van der Waals surface area contributed by atoms with E-state index in [1.54, 1.807) is 33.0 Å². The van der Waals surface area contributed by atoms with Crippen LogP contribution in [0.5, 0.6) is 5.75 Å². The molecule has 0 bridgehead atoms. The summed E-state index contributed by atoms with van der Waals surface area (Å²) in [5, 5.41) is 27.1. The van der Waals surface area contributed by atoms with E-state index in [9.17, 15) is 29.4 Å². The number of likely N-dealkylation sites (N-methyl/N-ethyl adjacent to an activating group) is 1. The van der Waals surface area contributed by atoms with Crippen LogP contribution < -0.4 is 10.6 Å². The molecular formula is C30H39N3O6. The van der Waals surface area contributed by atoms with Gasteiger partial charge >= 0.3 is 0 Å². The van der Waals surface area contributed by atoms with Gasteiger partial charge < -0.3 is 25.7 Å². The van der Waals surface area contributed by atoms with Gasteiger partial charge in [0, 0.05) is 13.5 Å². The Hall–Kier alpha value is -3.72. The van der Waals surface area contributed by atoms with Gasteiger partial charge in [0.15, 0.2) is 5.78 Å². The van der Waals surface area contributed by atoms with Gasteiger partial charge in [0.05, 0.1) is 29.7 Å². The van der Waals surface area contributed by atoms with Crippen molar-refractivity contribution in [1.82, 2.24) is 15.5 Å². The van der Waals surface area contributed by atoms with Gasteiger partial charge in [-0.05, 0) is 36.0 Å². The van der Waals surface area contributed by atoms with Crippen molar-refractivity contribution < 1.29 is 29.4 Å². The number of aliphatic hydroxyl groups excluding tert-OH is 1. The average molecular weight is 538 g/mol. The van der Waals surface area contributed by atoms with E-state index in [2.05, 4.69) is 10.6 Å². The Morgan fingerprint density at radius 3 is 2.28 bits per heavy atom. The minimum atomic E-state index is -1.27. The van der Waals surface area contributed by atoms with Gasteiger partial charge in [0.25, 0.3) is 5.91 Å². The lowest BCUT2D eigenvalue weighted by Gasteiger charge is -2.37. The number of hydrogen-bond donors (Lipinski definition) is 4. The number of hydrogen-bond acceptors (Lipinski definition) is 6. The molecule has 1 fully saturated rings. The highest BCUT2D eigenvalue weighted by Crippen LogP contribution is 2.24. The van der Waals surface area contributed by atoms with Crippen LogP contribution in [0.2, 0.25) is 0 Å². The number of Topliss-reactive ketones (excluding diaryl/α,β-unsaturated/α-hetero) is 1. The minimum Gasteiger partial charge on any atom is -0.507 e. The van der Waals surface area contributed by atoms with Crippen molar-refractivity contribution in [2.24, 2.45) is 17.8 Å². The van der Waals surface area contributed by atoms with E-state index in [0.29, 0.717) is 0 Å². The molecule has 3 rings (SSSR count). The van der Waals surface area contributed by atoms with Crippen LogP contribution in [0.1, 0.15) is 50.0 Å². The first-order valence-corrected chi connectivity index (χ1v) is 13.3. The monoisotopic (exact) mass is 537 g/mol. The van der Waals surface area contributed by atoms with Gasteiger partial charge in [-0.3, -0.25) is 19.2 Å². The van der Waals surface area contributed by atoms with E-state index in [1.165, 1.54) is 17.0 Å². The molecule has 0 aromatic heterocycles. The van der Waals surface area contributed by atoms with Crippen molar-refractivity contribution in [3.63, 3.8) is 0 Å². The van der Waals surface area contributed by atoms with E-state index in [1.807, 2.05) is 44.2 Å². The largest absolute Gasteiger partial charge is 0.507 e. The minimum absolute atomic E-state index is 0.00479. The fourth-order valence-corrected chi connectivity index (χ4v) is 5.29. The standard InChI is InChI=1S/C30H39N3O6/c1-17(2)26-24(35)15-18(3)25(32-28(37)21-13-9-10-14-23(21)34)29(38)31-22(16-20-11-7-6-8-12-20)27(36)19(4)30(39)33(26)5/h6-14,17-19,22,25-27,34,36H,15-16H2,1-5H3,(H,31,38)(H,32,37)/t18-,19+,22-,25-,26?,27-/m0/s1. The summed E-state index contributed by atoms with van der Waals surface area (Å²) in [5.41, 5.74) is 0.842. The molecule has 3 amide bonds. The molecule has 1 aliphatic rings. The van der Waals surface area contributed by atoms with E-state index in [0.717, 1.165) is 5.56 Å². The van der Waals surface area contributed by atoms with Crippen LogP contribution in [-0.4, -0.2) is 69.9 Å². The highest BCUT2D eigenvalue weighted by molar-refractivity contribution is 6.00. The summed E-state index contributed by atoms with van der Waals surface area (Å²) in [6, 6.07) is 12.5. The van der Waals surface area contributed by atoms with Crippen molar-refractivity contribution in [3.8, 4) is 5.75 Å². The lowest BCUT2D eigenvalue weighted by atomic mass is 9.85. The summed E-state index contributed by atoms with van der Waals surface area (Å²) >= 11 is 0. The van der Waals surface area contributed by atoms with Crippen LogP contribution in [0.15, 0.2) is 54.6 Å². The molecule has 0 spiro atoms. The first-order chi connectivity index (χ1) is 18.4. The van der Waals surface area contributed by atoms with E-state index in [-0.39, 0.29) is 41.8 Å². The zero-order valence-electron chi connectivity index (χ0n) is 23.1. The fraction of sp³-hybridized carbons (Fsp3) is 0.467. The van der Waals surface area contributed by atoms with Crippen molar-refractivity contribution >= 4 is 23.5 Å². The number of carbonyl (C=O) groups excluding carboxylic acids is 4. The maximum atomic E-state index is 13.7. The van der Waals surface area contributed by atoms with Gasteiger partial charge in [-0.15, -0.1) is 0 Å². The molecule has 6 atom stereocenters. The molecule has 1 aliphatic heterocycles. The number of nitrogens with zero attached hydrogens (tertiary/aromatic N) is 1. The van der Waals surface area contributed by atoms with Crippen LogP contribution in [0, 0.1) is 17.8 Å². The molecular weight excluding hydrogens is 498 g/mol. The Morgan fingerprint density at radius 2 is 1.67 bits per heavy atom. The first-order valence-electron chi connectivity index (χ1n) is 13.3. The molecule has 1 heterocycles. The number of phenolic OH excluding ortho intramolecular Hbond substituents is 1. The Kier molecular flexibility index (Phi) is 9.86. The van der Waals surface area contributed by atoms with Crippen LogP contribution in [-0.2, 0) is 20.8 Å². The average Bonchev–Trinajstić information content (AvgIpc) is 2.89. The topological polar surface area (TPSA) is 136 Å². The SMILES string of the molecule is CC(C)C1C(=O)C[C@H](C)[C@H](NC(=O)c2ccccc2O)C(=O)N[C@@H](Cc2ccccc2)[C@@H](O)[C@@H](C)C(=O)N1C. The van der Waals surface area contributed by atoms with Crippen molar-refractivity contribution in [3.05, 3.63) is 65.7 Å². The second-order valence-electron chi connectivity index (χ2n) is 10.8. The summed E-state index contributed by atoms with van der Waals surface area (Å²) < 4.78 is 0. The number of ketones is 1. The summed E-state index contributed by atoms with van der Waals surface area (Å²) in [6.45, 7) is 6.95. The number of phenols is 1. The zero-order chi connectivity index (χ0) is 28.9. The molecule has 0 saturated carbocycles. The molecule has 9 nitrogen and oxygen atoms in total. The number of nitrogens with one attached hydrogen (secondary N) is 2. The Bertz CT molecular complexity index is 1180. The molecule has 210 valence electrons. The zero-order valence-corrected chi connectivity index (χ0v) is 23.1. The number of aliphatic hydroxyl groups is 1. The number of amides is 3. The molecule has 9 heteroatoms. The van der Waals surface area contributed by atoms with Crippen LogP contribution in [0.25, 0.3) is 0 Å². The predicted molar refractivity (Wildman–Crippen MR) is 147 cm³/mol. The molecule has 2 aromatic carbocycles. The van der Waals surface area contributed by atoms with Crippen molar-refractivity contribution in [2.75, 3.05) is 7.05 Å². The maximum absolute atomic E-state index is 13.7. The maximum Gasteiger partial charge on any atom is 0.255 e. The summed E-state index contributed by atoms with van der Waals surface area (Å²) in [6.07, 6.45) is -1.09. The molecule has 1 saturated heterocycles. The van der Waals surface area contributed by atoms with Gasteiger partial charge in [-0.2, -0.15) is 0 Å². The molecule has 4 N–H and O–H groups in total. The lowest BCUT2D eigenvalue weighted by molar-refractivity contribution is -0.147. The number of para-hydroxylation sites is 1. The number of benzene rings is 2. The second-order valence-corrected chi connectivity index (χ2v) is 10.8. The van der Waals surface area contributed by atoms with Gasteiger partial charge in [-0.1, -0.05) is 70.2 Å². The highest BCUT2D eigenvalue weighted by Gasteiger charge is 2.40. The van der Waals surface area contributed by atoms with Crippen molar-refractivity contribution in [2.45, 2.75) is 64.8 Å². The smallest absolute Gasteiger partial charge is 0.255 e. The van der Waals surface area contributed by atoms with E-state index < -0.39 is 47.9 Å². The third-order valence-corrected chi connectivity index (χ3v) is 7.48. The quantitative estimate of drug-likeness (QED) is 0.462. The second kappa shape index (κ2) is 12.9.